The Morgan fingerprint density at radius 1 is 1.14 bits per heavy atom. The highest BCUT2D eigenvalue weighted by Gasteiger charge is 2.39. The molecule has 1 aromatic carbocycles. The van der Waals surface area contributed by atoms with E-state index < -0.39 is 38.1 Å². The Hall–Kier alpha value is -3.60. The molecule has 0 unspecified atom stereocenters. The van der Waals surface area contributed by atoms with E-state index in [4.69, 9.17) is 5.73 Å². The zero-order chi connectivity index (χ0) is 25.5. The number of carbonyl (C=O) groups excluding carboxylic acids is 1. The van der Waals surface area contributed by atoms with Gasteiger partial charge in [0.15, 0.2) is 5.03 Å². The van der Waals surface area contributed by atoms with E-state index in [2.05, 4.69) is 16.9 Å². The van der Waals surface area contributed by atoms with Gasteiger partial charge in [0, 0.05) is 23.7 Å². The summed E-state index contributed by atoms with van der Waals surface area (Å²) >= 11 is 0. The van der Waals surface area contributed by atoms with Crippen LogP contribution in [0.4, 0.5) is 20.4 Å². The summed E-state index contributed by atoms with van der Waals surface area (Å²) in [6.07, 6.45) is 0.802. The summed E-state index contributed by atoms with van der Waals surface area (Å²) < 4.78 is 55.5. The number of pyridine rings is 2. The number of nitrogen functional groups attached to an aromatic ring is 1. The van der Waals surface area contributed by atoms with Crippen LogP contribution in [0.3, 0.4) is 0 Å². The molecule has 0 radical (unpaired) electrons. The average molecular weight is 502 g/mol. The quantitative estimate of drug-likeness (QED) is 0.547. The van der Waals surface area contributed by atoms with E-state index >= 15 is 0 Å². The number of nitrogens with two attached hydrogens (primary N) is 1. The monoisotopic (exact) mass is 501 g/mol. The van der Waals surface area contributed by atoms with Gasteiger partial charge in [0.2, 0.25) is 0 Å². The first-order valence-corrected chi connectivity index (χ1v) is 12.4. The van der Waals surface area contributed by atoms with Gasteiger partial charge in [-0.25, -0.2) is 23.5 Å². The Morgan fingerprint density at radius 2 is 1.89 bits per heavy atom. The van der Waals surface area contributed by atoms with Crippen LogP contribution in [0.15, 0.2) is 53.6 Å². The van der Waals surface area contributed by atoms with Crippen LogP contribution in [-0.2, 0) is 10.0 Å². The van der Waals surface area contributed by atoms with Crippen molar-refractivity contribution in [1.82, 2.24) is 14.7 Å². The molecule has 35 heavy (non-hydrogen) atoms. The highest BCUT2D eigenvalue weighted by molar-refractivity contribution is 7.90. The molecule has 2 aromatic heterocycles. The molecule has 0 bridgehead atoms. The average Bonchev–Trinajstić information content (AvgIpc) is 3.04. The first kappa shape index (κ1) is 24.5. The van der Waals surface area contributed by atoms with E-state index in [9.17, 15) is 22.0 Å². The van der Waals surface area contributed by atoms with Gasteiger partial charge in [-0.3, -0.25) is 4.79 Å². The molecule has 1 aliphatic rings. The molecule has 0 saturated carbocycles. The third-order valence-electron chi connectivity index (χ3n) is 5.90. The van der Waals surface area contributed by atoms with Crippen molar-refractivity contribution >= 4 is 27.6 Å². The number of nitrogens with zero attached hydrogens (tertiary/aromatic N) is 3. The SMILES string of the molecule is C[C@@H]1CN(c2nc(-c3ccc(F)cc3F)ccc2C(=O)NS(=O)(=O)c2cccc(N)n2)C(C)(C)C1. The Kier molecular flexibility index (Phi) is 6.22. The molecule has 3 aromatic rings. The number of anilines is 2. The smallest absolute Gasteiger partial charge is 0.281 e. The van der Waals surface area contributed by atoms with Crippen LogP contribution >= 0.6 is 0 Å². The minimum atomic E-state index is -4.32. The predicted molar refractivity (Wildman–Crippen MR) is 128 cm³/mol. The highest BCUT2D eigenvalue weighted by atomic mass is 32.2. The maximum Gasteiger partial charge on any atom is 0.281 e. The molecular formula is C24H25F2N5O3S. The van der Waals surface area contributed by atoms with Crippen LogP contribution in [0.5, 0.6) is 0 Å². The van der Waals surface area contributed by atoms with Crippen LogP contribution in [0.2, 0.25) is 0 Å². The number of rotatable bonds is 5. The molecule has 1 saturated heterocycles. The zero-order valence-corrected chi connectivity index (χ0v) is 20.2. The summed E-state index contributed by atoms with van der Waals surface area (Å²) in [7, 11) is -4.32. The van der Waals surface area contributed by atoms with Gasteiger partial charge in [-0.1, -0.05) is 13.0 Å². The molecule has 8 nitrogen and oxygen atoms in total. The Balaban J connectivity index is 1.79. The van der Waals surface area contributed by atoms with Gasteiger partial charge in [-0.15, -0.1) is 0 Å². The second-order valence-corrected chi connectivity index (χ2v) is 10.9. The molecule has 4 rings (SSSR count). The molecule has 184 valence electrons. The molecule has 1 fully saturated rings. The molecule has 3 heterocycles. The van der Waals surface area contributed by atoms with Crippen LogP contribution in [0.25, 0.3) is 11.3 Å². The number of aromatic nitrogens is 2. The third kappa shape index (κ3) is 4.95. The summed E-state index contributed by atoms with van der Waals surface area (Å²) in [5, 5.41) is -0.402. The first-order chi connectivity index (χ1) is 16.4. The normalized spacial score (nSPS) is 17.4. The summed E-state index contributed by atoms with van der Waals surface area (Å²) in [4.78, 5) is 23.4. The highest BCUT2D eigenvalue weighted by Crippen LogP contribution is 2.38. The van der Waals surface area contributed by atoms with Crippen molar-refractivity contribution in [3.63, 3.8) is 0 Å². The van der Waals surface area contributed by atoms with Gasteiger partial charge < -0.3 is 10.6 Å². The van der Waals surface area contributed by atoms with Gasteiger partial charge in [0.25, 0.3) is 15.9 Å². The topological polar surface area (TPSA) is 118 Å². The molecule has 1 amide bonds. The van der Waals surface area contributed by atoms with Crippen molar-refractivity contribution in [1.29, 1.82) is 0 Å². The lowest BCUT2D eigenvalue weighted by Crippen LogP contribution is -2.41. The number of sulfonamides is 1. The molecule has 1 atom stereocenters. The van der Waals surface area contributed by atoms with E-state index in [0.29, 0.717) is 6.54 Å². The molecule has 3 N–H and O–H groups in total. The number of carbonyl (C=O) groups is 1. The summed E-state index contributed by atoms with van der Waals surface area (Å²) in [6, 6.07) is 9.98. The number of amides is 1. The maximum absolute atomic E-state index is 14.5. The molecule has 1 aliphatic heterocycles. The second-order valence-electron chi connectivity index (χ2n) is 9.26. The fourth-order valence-electron chi connectivity index (χ4n) is 4.45. The molecule has 0 spiro atoms. The lowest BCUT2D eigenvalue weighted by atomic mass is 9.97. The predicted octanol–water partition coefficient (Wildman–Crippen LogP) is 3.75. The van der Waals surface area contributed by atoms with Crippen molar-refractivity contribution in [2.24, 2.45) is 5.92 Å². The van der Waals surface area contributed by atoms with E-state index in [-0.39, 0.29) is 34.4 Å². The molecule has 11 heteroatoms. The first-order valence-electron chi connectivity index (χ1n) is 10.9. The number of nitrogens with one attached hydrogen (secondary N) is 1. The molecule has 0 aliphatic carbocycles. The van der Waals surface area contributed by atoms with Gasteiger partial charge in [-0.2, -0.15) is 8.42 Å². The largest absolute Gasteiger partial charge is 0.384 e. The molecular weight excluding hydrogens is 476 g/mol. The van der Waals surface area contributed by atoms with Crippen molar-refractivity contribution < 1.29 is 22.0 Å². The fraction of sp³-hybridized carbons (Fsp3) is 0.292. The Morgan fingerprint density at radius 3 is 2.51 bits per heavy atom. The minimum absolute atomic E-state index is 0.00840. The zero-order valence-electron chi connectivity index (χ0n) is 19.4. The van der Waals surface area contributed by atoms with Gasteiger partial charge in [-0.05, 0) is 62.6 Å². The van der Waals surface area contributed by atoms with Gasteiger partial charge in [0.1, 0.15) is 23.3 Å². The van der Waals surface area contributed by atoms with Crippen molar-refractivity contribution in [2.75, 3.05) is 17.2 Å². The number of hydrogen-bond acceptors (Lipinski definition) is 7. The van der Waals surface area contributed by atoms with Crippen molar-refractivity contribution in [3.05, 3.63) is 65.7 Å². The van der Waals surface area contributed by atoms with Crippen LogP contribution < -0.4 is 15.4 Å². The minimum Gasteiger partial charge on any atom is -0.384 e. The lowest BCUT2D eigenvalue weighted by Gasteiger charge is -2.34. The van der Waals surface area contributed by atoms with Crippen molar-refractivity contribution in [2.45, 2.75) is 37.8 Å². The van der Waals surface area contributed by atoms with Gasteiger partial charge >= 0.3 is 0 Å². The van der Waals surface area contributed by atoms with Crippen LogP contribution in [0, 0.1) is 17.6 Å². The summed E-state index contributed by atoms with van der Waals surface area (Å²) in [5.41, 5.74) is 5.41. The Labute approximate surface area is 202 Å². The number of halogens is 2. The number of hydrogen-bond donors (Lipinski definition) is 2. The van der Waals surface area contributed by atoms with Crippen molar-refractivity contribution in [3.8, 4) is 11.3 Å². The maximum atomic E-state index is 14.5. The van der Waals surface area contributed by atoms with E-state index in [1.54, 1.807) is 0 Å². The summed E-state index contributed by atoms with van der Waals surface area (Å²) in [5.74, 6) is -1.98. The van der Waals surface area contributed by atoms with Crippen LogP contribution in [0.1, 0.15) is 37.6 Å². The fourth-order valence-corrected chi connectivity index (χ4v) is 5.39. The standard InChI is InChI=1S/C24H25F2N5O3S/c1-14-12-24(2,3)31(13-14)22-17(9-10-19(28-22)16-8-7-15(25)11-18(16)26)23(32)30-35(33,34)21-6-4-5-20(27)29-21/h4-11,14H,12-13H2,1-3H3,(H2,27,29)(H,30,32)/t14-/m0/s1. The van der Waals surface area contributed by atoms with E-state index in [1.165, 1.54) is 36.4 Å². The number of benzene rings is 1. The Bertz CT molecular complexity index is 1410. The second kappa shape index (κ2) is 8.88. The summed E-state index contributed by atoms with van der Waals surface area (Å²) in [6.45, 7) is 6.58. The van der Waals surface area contributed by atoms with E-state index in [1.807, 2.05) is 23.5 Å². The third-order valence-corrected chi connectivity index (χ3v) is 7.14. The lowest BCUT2D eigenvalue weighted by molar-refractivity contribution is 0.0981. The van der Waals surface area contributed by atoms with E-state index in [0.717, 1.165) is 18.6 Å². The van der Waals surface area contributed by atoms with Crippen LogP contribution in [-0.4, -0.2) is 36.4 Å². The van der Waals surface area contributed by atoms with Gasteiger partial charge in [0.05, 0.1) is 11.3 Å².